The Morgan fingerprint density at radius 1 is 0.952 bits per heavy atom. The second-order valence-electron chi connectivity index (χ2n) is 6.11. The molecule has 0 bridgehead atoms. The van der Waals surface area contributed by atoms with E-state index in [-0.39, 0.29) is 5.41 Å². The van der Waals surface area contributed by atoms with Crippen molar-refractivity contribution in [2.45, 2.75) is 47.0 Å². The van der Waals surface area contributed by atoms with Crippen molar-refractivity contribution >= 4 is 37.9 Å². The van der Waals surface area contributed by atoms with E-state index in [2.05, 4.69) is 74.0 Å². The van der Waals surface area contributed by atoms with Gasteiger partial charge in [-0.25, -0.2) is 0 Å². The number of hydrogen-bond acceptors (Lipinski definition) is 1. The molecule has 0 radical (unpaired) electrons. The van der Waals surface area contributed by atoms with E-state index in [0.717, 1.165) is 21.2 Å². The SMILES string of the molecule is CC.Cc1c(Br)ccc2c1oc1cc(C(C)(C)C)ccc12. The molecule has 0 aliphatic carbocycles. The fraction of sp³-hybridized carbons (Fsp3) is 0.368. The van der Waals surface area contributed by atoms with Crippen LogP contribution in [0.3, 0.4) is 0 Å². The lowest BCUT2D eigenvalue weighted by molar-refractivity contribution is 0.587. The van der Waals surface area contributed by atoms with Crippen LogP contribution in [0.5, 0.6) is 0 Å². The Bertz CT molecular complexity index is 775. The van der Waals surface area contributed by atoms with Gasteiger partial charge in [-0.2, -0.15) is 0 Å². The van der Waals surface area contributed by atoms with Gasteiger partial charge in [0.1, 0.15) is 11.2 Å². The van der Waals surface area contributed by atoms with Gasteiger partial charge in [0.15, 0.2) is 0 Å². The zero-order valence-corrected chi connectivity index (χ0v) is 15.3. The van der Waals surface area contributed by atoms with Crippen molar-refractivity contribution in [1.82, 2.24) is 0 Å². The quantitative estimate of drug-likeness (QED) is 0.427. The first-order valence-electron chi connectivity index (χ1n) is 7.50. The molecule has 0 fully saturated rings. The molecule has 0 N–H and O–H groups in total. The molecule has 0 atom stereocenters. The molecule has 2 aromatic carbocycles. The summed E-state index contributed by atoms with van der Waals surface area (Å²) in [7, 11) is 0. The predicted molar refractivity (Wildman–Crippen MR) is 96.2 cm³/mol. The summed E-state index contributed by atoms with van der Waals surface area (Å²) in [5.74, 6) is 0. The van der Waals surface area contributed by atoms with Crippen molar-refractivity contribution in [2.75, 3.05) is 0 Å². The first-order valence-corrected chi connectivity index (χ1v) is 8.29. The van der Waals surface area contributed by atoms with Crippen molar-refractivity contribution in [2.24, 2.45) is 0 Å². The smallest absolute Gasteiger partial charge is 0.139 e. The fourth-order valence-electron chi connectivity index (χ4n) is 2.42. The molecule has 0 aliphatic rings. The summed E-state index contributed by atoms with van der Waals surface area (Å²) >= 11 is 3.56. The first kappa shape index (κ1) is 16.1. The maximum atomic E-state index is 6.07. The number of hydrogen-bond donors (Lipinski definition) is 0. The molecule has 1 nitrogen and oxygen atoms in total. The third-order valence-corrected chi connectivity index (χ3v) is 4.55. The third kappa shape index (κ3) is 2.87. The fourth-order valence-corrected chi connectivity index (χ4v) is 2.73. The van der Waals surface area contributed by atoms with Crippen molar-refractivity contribution in [3.8, 4) is 0 Å². The van der Waals surface area contributed by atoms with Crippen LogP contribution in [0.4, 0.5) is 0 Å². The lowest BCUT2D eigenvalue weighted by atomic mass is 9.87. The average Bonchev–Trinajstić information content (AvgIpc) is 2.82. The average molecular weight is 347 g/mol. The molecule has 2 heteroatoms. The van der Waals surface area contributed by atoms with Crippen LogP contribution < -0.4 is 0 Å². The summed E-state index contributed by atoms with van der Waals surface area (Å²) in [6.45, 7) is 12.7. The molecular formula is C19H23BrO. The Morgan fingerprint density at radius 2 is 1.57 bits per heavy atom. The van der Waals surface area contributed by atoms with Crippen molar-refractivity contribution in [1.29, 1.82) is 0 Å². The van der Waals surface area contributed by atoms with Crippen molar-refractivity contribution in [3.05, 3.63) is 45.9 Å². The lowest BCUT2D eigenvalue weighted by Crippen LogP contribution is -2.10. The molecule has 21 heavy (non-hydrogen) atoms. The highest BCUT2D eigenvalue weighted by atomic mass is 79.9. The molecular weight excluding hydrogens is 324 g/mol. The highest BCUT2D eigenvalue weighted by Crippen LogP contribution is 2.35. The molecule has 1 heterocycles. The van der Waals surface area contributed by atoms with E-state index < -0.39 is 0 Å². The molecule has 112 valence electrons. The van der Waals surface area contributed by atoms with Gasteiger partial charge in [-0.15, -0.1) is 0 Å². The standard InChI is InChI=1S/C17H17BrO.C2H6/c1-10-14(18)8-7-13-12-6-5-11(17(2,3)4)9-15(12)19-16(10)13;1-2/h5-9H,1-4H3;1-2H3. The van der Waals surface area contributed by atoms with Gasteiger partial charge in [0.05, 0.1) is 0 Å². The van der Waals surface area contributed by atoms with Crippen molar-refractivity contribution < 1.29 is 4.42 Å². The topological polar surface area (TPSA) is 13.1 Å². The molecule has 0 saturated carbocycles. The number of halogens is 1. The number of benzene rings is 2. The van der Waals surface area contributed by atoms with Gasteiger partial charge < -0.3 is 4.42 Å². The zero-order valence-electron chi connectivity index (χ0n) is 13.7. The third-order valence-electron chi connectivity index (χ3n) is 3.69. The van der Waals surface area contributed by atoms with Crippen molar-refractivity contribution in [3.63, 3.8) is 0 Å². The number of fused-ring (bicyclic) bond motifs is 3. The Hall–Kier alpha value is -1.28. The van der Waals surface area contributed by atoms with Gasteiger partial charge >= 0.3 is 0 Å². The zero-order chi connectivity index (χ0) is 15.8. The highest BCUT2D eigenvalue weighted by molar-refractivity contribution is 9.10. The molecule has 0 saturated heterocycles. The summed E-state index contributed by atoms with van der Waals surface area (Å²) in [6, 6.07) is 10.8. The van der Waals surface area contributed by atoms with Crippen LogP contribution in [0.2, 0.25) is 0 Å². The van der Waals surface area contributed by atoms with E-state index in [9.17, 15) is 0 Å². The predicted octanol–water partition coefficient (Wildman–Crippen LogP) is 6.98. The second-order valence-corrected chi connectivity index (χ2v) is 6.97. The minimum atomic E-state index is 0.142. The highest BCUT2D eigenvalue weighted by Gasteiger charge is 2.17. The van der Waals surface area contributed by atoms with Crippen LogP contribution in [0.25, 0.3) is 21.9 Å². The van der Waals surface area contributed by atoms with Crippen LogP contribution in [-0.4, -0.2) is 0 Å². The lowest BCUT2D eigenvalue weighted by Gasteiger charge is -2.18. The maximum absolute atomic E-state index is 6.07. The largest absolute Gasteiger partial charge is 0.456 e. The van der Waals surface area contributed by atoms with Gasteiger partial charge in [0.25, 0.3) is 0 Å². The van der Waals surface area contributed by atoms with E-state index in [0.29, 0.717) is 0 Å². The molecule has 0 aliphatic heterocycles. The van der Waals surface area contributed by atoms with Gasteiger partial charge in [0, 0.05) is 20.8 Å². The first-order chi connectivity index (χ1) is 9.88. The van der Waals surface area contributed by atoms with Gasteiger partial charge in [-0.1, -0.05) is 62.7 Å². The Labute approximate surface area is 135 Å². The van der Waals surface area contributed by atoms with Crippen LogP contribution in [-0.2, 0) is 5.41 Å². The molecule has 0 spiro atoms. The Balaban J connectivity index is 0.000000774. The molecule has 0 amide bonds. The van der Waals surface area contributed by atoms with E-state index in [4.69, 9.17) is 4.42 Å². The molecule has 1 aromatic heterocycles. The monoisotopic (exact) mass is 346 g/mol. The number of rotatable bonds is 0. The van der Waals surface area contributed by atoms with Crippen LogP contribution in [0.1, 0.15) is 45.7 Å². The van der Waals surface area contributed by atoms with Crippen LogP contribution >= 0.6 is 15.9 Å². The van der Waals surface area contributed by atoms with Crippen LogP contribution in [0.15, 0.2) is 39.2 Å². The summed E-state index contributed by atoms with van der Waals surface area (Å²) in [6.07, 6.45) is 0. The second kappa shape index (κ2) is 5.84. The van der Waals surface area contributed by atoms with Gasteiger partial charge in [-0.05, 0) is 36.1 Å². The van der Waals surface area contributed by atoms with E-state index in [1.54, 1.807) is 0 Å². The van der Waals surface area contributed by atoms with E-state index in [1.165, 1.54) is 16.3 Å². The summed E-state index contributed by atoms with van der Waals surface area (Å²) in [4.78, 5) is 0. The normalized spacial score (nSPS) is 11.6. The number of aryl methyl sites for hydroxylation is 1. The van der Waals surface area contributed by atoms with E-state index in [1.807, 2.05) is 13.8 Å². The summed E-state index contributed by atoms with van der Waals surface area (Å²) in [5.41, 5.74) is 4.56. The Kier molecular flexibility index (Phi) is 4.48. The Morgan fingerprint density at radius 3 is 2.19 bits per heavy atom. The summed E-state index contributed by atoms with van der Waals surface area (Å²) < 4.78 is 7.16. The van der Waals surface area contributed by atoms with Gasteiger partial charge in [-0.3, -0.25) is 0 Å². The number of furan rings is 1. The minimum Gasteiger partial charge on any atom is -0.456 e. The molecule has 3 aromatic rings. The van der Waals surface area contributed by atoms with Gasteiger partial charge in [0.2, 0.25) is 0 Å². The van der Waals surface area contributed by atoms with E-state index >= 15 is 0 Å². The molecule has 0 unspecified atom stereocenters. The minimum absolute atomic E-state index is 0.142. The molecule has 3 rings (SSSR count). The maximum Gasteiger partial charge on any atom is 0.139 e. The summed E-state index contributed by atoms with van der Waals surface area (Å²) in [5, 5.41) is 2.38. The van der Waals surface area contributed by atoms with Crippen LogP contribution in [0, 0.1) is 6.92 Å².